The molecule has 0 radical (unpaired) electrons. The number of amides is 3. The molecule has 0 spiro atoms. The molecule has 2 saturated heterocycles. The Balaban J connectivity index is 1.52. The Morgan fingerprint density at radius 2 is 1.88 bits per heavy atom. The number of benzene rings is 2. The summed E-state index contributed by atoms with van der Waals surface area (Å²) in [5, 5.41) is 2.73. The summed E-state index contributed by atoms with van der Waals surface area (Å²) in [6.45, 7) is 5.32. The van der Waals surface area contributed by atoms with Crippen molar-refractivity contribution in [3.8, 4) is 11.1 Å². The largest absolute Gasteiger partial charge is 0.344 e. The lowest BCUT2D eigenvalue weighted by Gasteiger charge is -2.26. The van der Waals surface area contributed by atoms with E-state index in [1.54, 1.807) is 34.1 Å². The number of hydrogen-bond acceptors (Lipinski definition) is 3. The van der Waals surface area contributed by atoms with Crippen LogP contribution in [0.3, 0.4) is 0 Å². The summed E-state index contributed by atoms with van der Waals surface area (Å²) in [7, 11) is 0. The van der Waals surface area contributed by atoms with Crippen LogP contribution in [0.1, 0.15) is 18.4 Å². The predicted octanol–water partition coefficient (Wildman–Crippen LogP) is 2.79. The molecule has 2 aromatic carbocycles. The number of nitrogens with one attached hydrogen (secondary N) is 1. The lowest BCUT2D eigenvalue weighted by molar-refractivity contribution is -0.136. The quantitative estimate of drug-likeness (QED) is 0.690. The number of nitrogens with zero attached hydrogens (tertiary/aromatic N) is 2. The second-order valence-electron chi connectivity index (χ2n) is 8.59. The van der Waals surface area contributed by atoms with Gasteiger partial charge in [0.15, 0.2) is 0 Å². The first-order chi connectivity index (χ1) is 16.0. The Labute approximate surface area is 193 Å². The van der Waals surface area contributed by atoms with Gasteiger partial charge in [0.1, 0.15) is 11.9 Å². The van der Waals surface area contributed by atoms with Crippen molar-refractivity contribution in [2.45, 2.75) is 25.3 Å². The van der Waals surface area contributed by atoms with E-state index in [4.69, 9.17) is 0 Å². The molecule has 2 unspecified atom stereocenters. The molecule has 0 aromatic heterocycles. The molecule has 6 nitrogen and oxygen atoms in total. The fourth-order valence-corrected chi connectivity index (χ4v) is 4.55. The third kappa shape index (κ3) is 5.13. The summed E-state index contributed by atoms with van der Waals surface area (Å²) in [6.07, 6.45) is 2.99. The SMILES string of the molecule is C=CCN1CCN(C(=O)C2CCC(=O)N2)CC(Cc2ccc(-c3ccccc3F)cc2)C1=O. The number of halogens is 1. The summed E-state index contributed by atoms with van der Waals surface area (Å²) in [5.74, 6) is -0.947. The lowest BCUT2D eigenvalue weighted by atomic mass is 9.95. The first-order valence-corrected chi connectivity index (χ1v) is 11.3. The topological polar surface area (TPSA) is 69.7 Å². The monoisotopic (exact) mass is 449 g/mol. The van der Waals surface area contributed by atoms with Crippen molar-refractivity contribution in [2.24, 2.45) is 5.92 Å². The van der Waals surface area contributed by atoms with Crippen molar-refractivity contribution in [2.75, 3.05) is 26.2 Å². The van der Waals surface area contributed by atoms with Gasteiger partial charge in [0.05, 0.1) is 5.92 Å². The zero-order chi connectivity index (χ0) is 23.4. The third-order valence-corrected chi connectivity index (χ3v) is 6.32. The molecule has 1 N–H and O–H groups in total. The van der Waals surface area contributed by atoms with Crippen LogP contribution in [0.15, 0.2) is 61.2 Å². The first kappa shape index (κ1) is 22.7. The fourth-order valence-electron chi connectivity index (χ4n) is 4.55. The molecule has 33 heavy (non-hydrogen) atoms. The first-order valence-electron chi connectivity index (χ1n) is 11.3. The van der Waals surface area contributed by atoms with E-state index in [2.05, 4.69) is 11.9 Å². The van der Waals surface area contributed by atoms with Gasteiger partial charge in [-0.05, 0) is 30.0 Å². The highest BCUT2D eigenvalue weighted by Crippen LogP contribution is 2.25. The van der Waals surface area contributed by atoms with Crippen LogP contribution < -0.4 is 5.32 Å². The maximum absolute atomic E-state index is 14.1. The molecule has 172 valence electrons. The molecule has 0 saturated carbocycles. The van der Waals surface area contributed by atoms with Crippen molar-refractivity contribution in [3.63, 3.8) is 0 Å². The van der Waals surface area contributed by atoms with Gasteiger partial charge >= 0.3 is 0 Å². The molecule has 0 aliphatic carbocycles. The van der Waals surface area contributed by atoms with Crippen LogP contribution in [0, 0.1) is 11.7 Å². The average Bonchev–Trinajstić information content (AvgIpc) is 3.20. The fraction of sp³-hybridized carbons (Fsp3) is 0.346. The van der Waals surface area contributed by atoms with Gasteiger partial charge in [-0.15, -0.1) is 6.58 Å². The van der Waals surface area contributed by atoms with E-state index >= 15 is 0 Å². The van der Waals surface area contributed by atoms with E-state index in [9.17, 15) is 18.8 Å². The predicted molar refractivity (Wildman–Crippen MR) is 124 cm³/mol. The summed E-state index contributed by atoms with van der Waals surface area (Å²) in [4.78, 5) is 41.3. The summed E-state index contributed by atoms with van der Waals surface area (Å²) in [5.41, 5.74) is 2.24. The van der Waals surface area contributed by atoms with Crippen molar-refractivity contribution < 1.29 is 18.8 Å². The Morgan fingerprint density at radius 3 is 2.55 bits per heavy atom. The van der Waals surface area contributed by atoms with E-state index < -0.39 is 12.0 Å². The second-order valence-corrected chi connectivity index (χ2v) is 8.59. The molecule has 0 bridgehead atoms. The summed E-state index contributed by atoms with van der Waals surface area (Å²) in [6, 6.07) is 13.6. The Hall–Kier alpha value is -3.48. The zero-order valence-electron chi connectivity index (χ0n) is 18.5. The molecule has 3 amide bonds. The number of rotatable bonds is 6. The minimum Gasteiger partial charge on any atom is -0.344 e. The van der Waals surface area contributed by atoms with Gasteiger partial charge in [-0.25, -0.2) is 4.39 Å². The zero-order valence-corrected chi connectivity index (χ0v) is 18.5. The van der Waals surface area contributed by atoms with Crippen LogP contribution in [-0.2, 0) is 20.8 Å². The van der Waals surface area contributed by atoms with E-state index in [0.717, 1.165) is 11.1 Å². The molecule has 2 aliphatic heterocycles. The second kappa shape index (κ2) is 9.98. The standard InChI is InChI=1S/C26H28FN3O3/c1-2-13-29-14-15-30(26(33)23-11-12-24(31)28-23)17-20(25(29)32)16-18-7-9-19(10-8-18)21-5-3-4-6-22(21)27/h2-10,20,23H,1,11-17H2,(H,28,31). The smallest absolute Gasteiger partial charge is 0.245 e. The van der Waals surface area contributed by atoms with Gasteiger partial charge in [-0.1, -0.05) is 48.5 Å². The Bertz CT molecular complexity index is 1050. The average molecular weight is 450 g/mol. The van der Waals surface area contributed by atoms with Crippen molar-refractivity contribution >= 4 is 17.7 Å². The number of carbonyl (C=O) groups excluding carboxylic acids is 3. The maximum Gasteiger partial charge on any atom is 0.245 e. The van der Waals surface area contributed by atoms with Crippen LogP contribution in [0.5, 0.6) is 0 Å². The van der Waals surface area contributed by atoms with Gasteiger partial charge in [-0.2, -0.15) is 0 Å². The minimum atomic E-state index is -0.515. The van der Waals surface area contributed by atoms with Crippen molar-refractivity contribution in [3.05, 3.63) is 72.6 Å². The Morgan fingerprint density at radius 1 is 1.12 bits per heavy atom. The molecule has 2 heterocycles. The molecular formula is C26H28FN3O3. The van der Waals surface area contributed by atoms with E-state index in [1.165, 1.54) is 6.07 Å². The molecule has 2 atom stereocenters. The molecular weight excluding hydrogens is 421 g/mol. The maximum atomic E-state index is 14.1. The van der Waals surface area contributed by atoms with Gasteiger partial charge in [0.25, 0.3) is 0 Å². The van der Waals surface area contributed by atoms with Crippen LogP contribution in [0.2, 0.25) is 0 Å². The molecule has 7 heteroatoms. The summed E-state index contributed by atoms with van der Waals surface area (Å²) < 4.78 is 14.1. The molecule has 2 aromatic rings. The number of carbonyl (C=O) groups is 3. The molecule has 2 fully saturated rings. The highest BCUT2D eigenvalue weighted by molar-refractivity contribution is 5.91. The molecule has 2 aliphatic rings. The lowest BCUT2D eigenvalue weighted by Crippen LogP contribution is -2.46. The summed E-state index contributed by atoms with van der Waals surface area (Å²) >= 11 is 0. The van der Waals surface area contributed by atoms with E-state index in [0.29, 0.717) is 51.0 Å². The van der Waals surface area contributed by atoms with Crippen molar-refractivity contribution in [1.29, 1.82) is 0 Å². The number of hydrogen-bond donors (Lipinski definition) is 1. The van der Waals surface area contributed by atoms with E-state index in [1.807, 2.05) is 24.3 Å². The Kier molecular flexibility index (Phi) is 6.87. The normalized spacial score (nSPS) is 21.0. The highest BCUT2D eigenvalue weighted by Gasteiger charge is 2.36. The minimum absolute atomic E-state index is 0.0150. The molecule has 4 rings (SSSR count). The van der Waals surface area contributed by atoms with Crippen molar-refractivity contribution in [1.82, 2.24) is 15.1 Å². The van der Waals surface area contributed by atoms with E-state index in [-0.39, 0.29) is 23.5 Å². The van der Waals surface area contributed by atoms with Crippen LogP contribution >= 0.6 is 0 Å². The van der Waals surface area contributed by atoms with Gasteiger partial charge in [0.2, 0.25) is 17.7 Å². The van der Waals surface area contributed by atoms with Crippen LogP contribution in [0.4, 0.5) is 4.39 Å². The highest BCUT2D eigenvalue weighted by atomic mass is 19.1. The van der Waals surface area contributed by atoms with Gasteiger partial charge in [-0.3, -0.25) is 14.4 Å². The van der Waals surface area contributed by atoms with Gasteiger partial charge in [0, 0.05) is 38.2 Å². The van der Waals surface area contributed by atoms with Crippen LogP contribution in [-0.4, -0.2) is 59.7 Å². The third-order valence-electron chi connectivity index (χ3n) is 6.32. The van der Waals surface area contributed by atoms with Crippen LogP contribution in [0.25, 0.3) is 11.1 Å². The van der Waals surface area contributed by atoms with Gasteiger partial charge < -0.3 is 15.1 Å².